The van der Waals surface area contributed by atoms with E-state index in [2.05, 4.69) is 4.98 Å². The molecule has 0 atom stereocenters. The van der Waals surface area contributed by atoms with Crippen molar-refractivity contribution in [1.29, 1.82) is 0 Å². The summed E-state index contributed by atoms with van der Waals surface area (Å²) in [6, 6.07) is 1.56. The highest BCUT2D eigenvalue weighted by atomic mass is 19.1. The molecule has 0 aromatic carbocycles. The summed E-state index contributed by atoms with van der Waals surface area (Å²) in [4.78, 5) is 6.01. The van der Waals surface area contributed by atoms with E-state index in [1.165, 1.54) is 0 Å². The predicted molar refractivity (Wildman–Crippen MR) is 51.6 cm³/mol. The fourth-order valence-corrected chi connectivity index (χ4v) is 1.41. The van der Waals surface area contributed by atoms with Gasteiger partial charge in [0, 0.05) is 19.2 Å². The zero-order valence-corrected chi connectivity index (χ0v) is 7.74. The molecular formula is C9H12FN3O. The Kier molecular flexibility index (Phi) is 2.49. The number of morpholine rings is 1. The first-order chi connectivity index (χ1) is 6.77. The molecule has 14 heavy (non-hydrogen) atoms. The van der Waals surface area contributed by atoms with Crippen molar-refractivity contribution in [3.05, 3.63) is 18.1 Å². The second-order valence-electron chi connectivity index (χ2n) is 3.16. The van der Waals surface area contributed by atoms with Crippen molar-refractivity contribution in [3.63, 3.8) is 0 Å². The van der Waals surface area contributed by atoms with Crippen molar-refractivity contribution in [2.24, 2.45) is 0 Å². The summed E-state index contributed by atoms with van der Waals surface area (Å²) in [5.41, 5.74) is 5.59. The maximum Gasteiger partial charge on any atom is 0.164 e. The number of ether oxygens (including phenoxy) is 1. The number of nitrogen functional groups attached to an aromatic ring is 1. The van der Waals surface area contributed by atoms with Gasteiger partial charge < -0.3 is 15.4 Å². The third-order valence-electron chi connectivity index (χ3n) is 2.21. The fraction of sp³-hybridized carbons (Fsp3) is 0.444. The average molecular weight is 197 g/mol. The molecule has 2 rings (SSSR count). The van der Waals surface area contributed by atoms with Crippen LogP contribution in [0.15, 0.2) is 12.3 Å². The van der Waals surface area contributed by atoms with Crippen LogP contribution >= 0.6 is 0 Å². The summed E-state index contributed by atoms with van der Waals surface area (Å²) in [6.07, 6.45) is 1.15. The van der Waals surface area contributed by atoms with Crippen LogP contribution in [0.5, 0.6) is 0 Å². The van der Waals surface area contributed by atoms with Gasteiger partial charge in [0.25, 0.3) is 0 Å². The van der Waals surface area contributed by atoms with Crippen LogP contribution in [0.2, 0.25) is 0 Å². The maximum absolute atomic E-state index is 12.8. The number of halogens is 1. The normalized spacial score (nSPS) is 17.1. The van der Waals surface area contributed by atoms with Crippen LogP contribution < -0.4 is 10.6 Å². The SMILES string of the molecule is Nc1cc(N2CCOCC2)ncc1F. The van der Waals surface area contributed by atoms with Gasteiger partial charge in [0.1, 0.15) is 5.82 Å². The van der Waals surface area contributed by atoms with Crippen LogP contribution in [0.1, 0.15) is 0 Å². The molecule has 2 heterocycles. The molecule has 0 radical (unpaired) electrons. The van der Waals surface area contributed by atoms with Crippen molar-refractivity contribution in [1.82, 2.24) is 4.98 Å². The Morgan fingerprint density at radius 2 is 2.14 bits per heavy atom. The smallest absolute Gasteiger partial charge is 0.164 e. The van der Waals surface area contributed by atoms with Crippen LogP contribution in [-0.4, -0.2) is 31.3 Å². The Morgan fingerprint density at radius 3 is 2.79 bits per heavy atom. The fourth-order valence-electron chi connectivity index (χ4n) is 1.41. The number of hydrogen-bond donors (Lipinski definition) is 1. The highest BCUT2D eigenvalue weighted by Crippen LogP contribution is 2.17. The Morgan fingerprint density at radius 1 is 1.43 bits per heavy atom. The van der Waals surface area contributed by atoms with Crippen molar-refractivity contribution in [2.75, 3.05) is 36.9 Å². The monoisotopic (exact) mass is 197 g/mol. The van der Waals surface area contributed by atoms with Gasteiger partial charge in [-0.15, -0.1) is 0 Å². The van der Waals surface area contributed by atoms with Crippen molar-refractivity contribution in [2.45, 2.75) is 0 Å². The van der Waals surface area contributed by atoms with Gasteiger partial charge in [0.15, 0.2) is 5.82 Å². The van der Waals surface area contributed by atoms with Gasteiger partial charge in [-0.25, -0.2) is 9.37 Å². The molecule has 1 fully saturated rings. The molecule has 0 amide bonds. The van der Waals surface area contributed by atoms with E-state index in [1.54, 1.807) is 6.07 Å². The van der Waals surface area contributed by atoms with Gasteiger partial charge in [-0.1, -0.05) is 0 Å². The molecule has 0 spiro atoms. The molecule has 0 unspecified atom stereocenters. The van der Waals surface area contributed by atoms with E-state index in [1.807, 2.05) is 4.90 Å². The maximum atomic E-state index is 12.8. The topological polar surface area (TPSA) is 51.4 Å². The average Bonchev–Trinajstić information content (AvgIpc) is 2.23. The molecule has 4 nitrogen and oxygen atoms in total. The first-order valence-electron chi connectivity index (χ1n) is 4.51. The van der Waals surface area contributed by atoms with E-state index in [0.717, 1.165) is 19.3 Å². The third-order valence-corrected chi connectivity index (χ3v) is 2.21. The van der Waals surface area contributed by atoms with Gasteiger partial charge in [0.05, 0.1) is 25.1 Å². The lowest BCUT2D eigenvalue weighted by Crippen LogP contribution is -2.36. The predicted octanol–water partition coefficient (Wildman–Crippen LogP) is 0.639. The highest BCUT2D eigenvalue weighted by Gasteiger charge is 2.13. The number of hydrogen-bond acceptors (Lipinski definition) is 4. The lowest BCUT2D eigenvalue weighted by Gasteiger charge is -2.27. The number of rotatable bonds is 1. The highest BCUT2D eigenvalue weighted by molar-refractivity contribution is 5.51. The summed E-state index contributed by atoms with van der Waals surface area (Å²) in [5.74, 6) is 0.245. The lowest BCUT2D eigenvalue weighted by molar-refractivity contribution is 0.122. The van der Waals surface area contributed by atoms with E-state index in [-0.39, 0.29) is 5.69 Å². The molecule has 1 aromatic rings. The van der Waals surface area contributed by atoms with Crippen molar-refractivity contribution < 1.29 is 9.13 Å². The minimum Gasteiger partial charge on any atom is -0.396 e. The van der Waals surface area contributed by atoms with Crippen LogP contribution in [-0.2, 0) is 4.74 Å². The second kappa shape index (κ2) is 3.79. The van der Waals surface area contributed by atoms with Gasteiger partial charge in [-0.3, -0.25) is 0 Å². The summed E-state index contributed by atoms with van der Waals surface area (Å²) in [5, 5.41) is 0. The van der Waals surface area contributed by atoms with E-state index in [9.17, 15) is 4.39 Å². The minimum atomic E-state index is -0.470. The van der Waals surface area contributed by atoms with Crippen LogP contribution in [0.4, 0.5) is 15.9 Å². The van der Waals surface area contributed by atoms with Crippen LogP contribution in [0.25, 0.3) is 0 Å². The number of nitrogens with two attached hydrogens (primary N) is 1. The van der Waals surface area contributed by atoms with Gasteiger partial charge in [0.2, 0.25) is 0 Å². The van der Waals surface area contributed by atoms with Crippen LogP contribution in [0.3, 0.4) is 0 Å². The molecule has 5 heteroatoms. The minimum absolute atomic E-state index is 0.140. The number of nitrogens with zero attached hydrogens (tertiary/aromatic N) is 2. The summed E-state index contributed by atoms with van der Waals surface area (Å²) < 4.78 is 18.0. The summed E-state index contributed by atoms with van der Waals surface area (Å²) >= 11 is 0. The Balaban J connectivity index is 2.18. The van der Waals surface area contributed by atoms with Gasteiger partial charge >= 0.3 is 0 Å². The molecular weight excluding hydrogens is 185 g/mol. The van der Waals surface area contributed by atoms with E-state index in [0.29, 0.717) is 19.0 Å². The Labute approximate surface area is 81.5 Å². The summed E-state index contributed by atoms with van der Waals surface area (Å²) in [7, 11) is 0. The van der Waals surface area contributed by atoms with E-state index < -0.39 is 5.82 Å². The third kappa shape index (κ3) is 1.77. The number of anilines is 2. The molecule has 2 N–H and O–H groups in total. The zero-order valence-electron chi connectivity index (χ0n) is 7.74. The quantitative estimate of drug-likeness (QED) is 0.717. The second-order valence-corrected chi connectivity index (χ2v) is 3.16. The van der Waals surface area contributed by atoms with Crippen LogP contribution in [0, 0.1) is 5.82 Å². The molecule has 1 aromatic heterocycles. The van der Waals surface area contributed by atoms with E-state index >= 15 is 0 Å². The molecule has 0 saturated carbocycles. The standard InChI is InChI=1S/C9H12FN3O/c10-7-6-12-9(5-8(7)11)13-1-3-14-4-2-13/h5-6H,1-4H2,(H2,11,12). The number of pyridine rings is 1. The Bertz CT molecular complexity index is 326. The molecule has 1 aliphatic rings. The first kappa shape index (κ1) is 9.21. The van der Waals surface area contributed by atoms with Crippen molar-refractivity contribution >= 4 is 11.5 Å². The first-order valence-corrected chi connectivity index (χ1v) is 4.51. The molecule has 0 aliphatic carbocycles. The molecule has 1 saturated heterocycles. The largest absolute Gasteiger partial charge is 0.396 e. The van der Waals surface area contributed by atoms with E-state index in [4.69, 9.17) is 10.5 Å². The van der Waals surface area contributed by atoms with Gasteiger partial charge in [-0.2, -0.15) is 0 Å². The molecule has 1 aliphatic heterocycles. The zero-order chi connectivity index (χ0) is 9.97. The van der Waals surface area contributed by atoms with Crippen molar-refractivity contribution in [3.8, 4) is 0 Å². The lowest BCUT2D eigenvalue weighted by atomic mass is 10.3. The molecule has 76 valence electrons. The summed E-state index contributed by atoms with van der Waals surface area (Å²) in [6.45, 7) is 2.91. The molecule has 0 bridgehead atoms. The number of aromatic nitrogens is 1. The Hall–Kier alpha value is -1.36. The van der Waals surface area contributed by atoms with Gasteiger partial charge in [-0.05, 0) is 0 Å².